The fraction of sp³-hybridized carbons (Fsp3) is 0.625. The Morgan fingerprint density at radius 2 is 1.90 bits per heavy atom. The van der Waals surface area contributed by atoms with Gasteiger partial charge in [-0.2, -0.15) is 0 Å². The van der Waals surface area contributed by atoms with Gasteiger partial charge in [0.05, 0.1) is 16.1 Å². The minimum Gasteiger partial charge on any atom is -0.296 e. The molecule has 0 aliphatic carbocycles. The molecule has 1 heterocycles. The molecule has 2 atom stereocenters. The average molecular weight is 330 g/mol. The molecule has 0 amide bonds. The Morgan fingerprint density at radius 3 is 2.43 bits per heavy atom. The molecule has 3 nitrogen and oxygen atoms in total. The summed E-state index contributed by atoms with van der Waals surface area (Å²) in [7, 11) is 0. The molecular formula is C16H25Cl2N3. The minimum atomic E-state index is -0.0354. The Kier molecular flexibility index (Phi) is 5.92. The van der Waals surface area contributed by atoms with E-state index in [-0.39, 0.29) is 11.6 Å². The highest BCUT2D eigenvalue weighted by molar-refractivity contribution is 6.42. The van der Waals surface area contributed by atoms with Crippen LogP contribution in [0, 0.1) is 0 Å². The number of hydrazine groups is 1. The first-order chi connectivity index (χ1) is 10.0. The Hall–Kier alpha value is -0.320. The van der Waals surface area contributed by atoms with Crippen LogP contribution in [0.2, 0.25) is 10.0 Å². The topological polar surface area (TPSA) is 41.3 Å². The van der Waals surface area contributed by atoms with E-state index in [9.17, 15) is 0 Å². The second-order valence-corrected chi connectivity index (χ2v) is 6.85. The monoisotopic (exact) mass is 329 g/mol. The number of likely N-dealkylation sites (tertiary alicyclic amines) is 1. The van der Waals surface area contributed by atoms with Crippen molar-refractivity contribution in [3.8, 4) is 0 Å². The van der Waals surface area contributed by atoms with Gasteiger partial charge in [-0.1, -0.05) is 42.6 Å². The number of piperidine rings is 1. The molecular weight excluding hydrogens is 305 g/mol. The van der Waals surface area contributed by atoms with E-state index in [2.05, 4.69) is 24.2 Å². The zero-order valence-electron chi connectivity index (χ0n) is 12.8. The Bertz CT molecular complexity index is 475. The summed E-state index contributed by atoms with van der Waals surface area (Å²) in [4.78, 5) is 2.56. The van der Waals surface area contributed by atoms with Gasteiger partial charge in [0.2, 0.25) is 0 Å². The van der Waals surface area contributed by atoms with E-state index in [0.29, 0.717) is 10.0 Å². The number of nitrogens with one attached hydrogen (secondary N) is 1. The zero-order chi connectivity index (χ0) is 15.5. The first-order valence-electron chi connectivity index (χ1n) is 7.69. The molecule has 2 unspecified atom stereocenters. The van der Waals surface area contributed by atoms with E-state index in [1.165, 1.54) is 19.3 Å². The fourth-order valence-corrected chi connectivity index (χ4v) is 3.65. The van der Waals surface area contributed by atoms with E-state index >= 15 is 0 Å². The van der Waals surface area contributed by atoms with Crippen LogP contribution in [-0.4, -0.2) is 23.5 Å². The van der Waals surface area contributed by atoms with Gasteiger partial charge in [-0.3, -0.25) is 16.2 Å². The maximum absolute atomic E-state index is 6.18. The van der Waals surface area contributed by atoms with Gasteiger partial charge in [-0.05, 0) is 57.0 Å². The summed E-state index contributed by atoms with van der Waals surface area (Å²) in [6.07, 6.45) is 4.86. The molecule has 0 radical (unpaired) electrons. The summed E-state index contributed by atoms with van der Waals surface area (Å²) < 4.78 is 0. The van der Waals surface area contributed by atoms with Gasteiger partial charge in [0.25, 0.3) is 0 Å². The fourth-order valence-electron chi connectivity index (χ4n) is 3.34. The van der Waals surface area contributed by atoms with E-state index in [1.54, 1.807) is 0 Å². The molecule has 118 valence electrons. The predicted octanol–water partition coefficient (Wildman–Crippen LogP) is 4.15. The first kappa shape index (κ1) is 17.0. The van der Waals surface area contributed by atoms with Crippen LogP contribution >= 0.6 is 23.2 Å². The second-order valence-electron chi connectivity index (χ2n) is 6.03. The SMILES string of the molecule is CCC(C)(C(NN)c1ccc(Cl)c(Cl)c1)N1CCCCC1. The van der Waals surface area contributed by atoms with Gasteiger partial charge in [-0.15, -0.1) is 0 Å². The van der Waals surface area contributed by atoms with Crippen molar-refractivity contribution in [2.24, 2.45) is 5.84 Å². The largest absolute Gasteiger partial charge is 0.296 e. The molecule has 1 fully saturated rings. The summed E-state index contributed by atoms with van der Waals surface area (Å²) >= 11 is 12.2. The summed E-state index contributed by atoms with van der Waals surface area (Å²) in [5.41, 5.74) is 4.06. The van der Waals surface area contributed by atoms with Gasteiger partial charge >= 0.3 is 0 Å². The quantitative estimate of drug-likeness (QED) is 0.629. The van der Waals surface area contributed by atoms with E-state index in [0.717, 1.165) is 25.1 Å². The smallest absolute Gasteiger partial charge is 0.0641 e. The molecule has 1 aliphatic rings. The van der Waals surface area contributed by atoms with Gasteiger partial charge in [0.15, 0.2) is 0 Å². The summed E-state index contributed by atoms with van der Waals surface area (Å²) in [5, 5.41) is 1.15. The molecule has 5 heteroatoms. The van der Waals surface area contributed by atoms with Crippen LogP contribution in [0.1, 0.15) is 51.1 Å². The number of halogens is 2. The van der Waals surface area contributed by atoms with Crippen LogP contribution in [0.4, 0.5) is 0 Å². The standard InChI is InChI=1S/C16H25Cl2N3/c1-3-16(2,21-9-5-4-6-10-21)15(20-19)12-7-8-13(17)14(18)11-12/h7-8,11,15,20H,3-6,9-10,19H2,1-2H3. The lowest BCUT2D eigenvalue weighted by atomic mass is 9.82. The highest BCUT2D eigenvalue weighted by Crippen LogP contribution is 2.37. The van der Waals surface area contributed by atoms with Crippen molar-refractivity contribution in [1.29, 1.82) is 0 Å². The van der Waals surface area contributed by atoms with Crippen LogP contribution in [0.5, 0.6) is 0 Å². The highest BCUT2D eigenvalue weighted by Gasteiger charge is 2.39. The number of hydrogen-bond donors (Lipinski definition) is 2. The van der Waals surface area contributed by atoms with E-state index in [1.807, 2.05) is 18.2 Å². The van der Waals surface area contributed by atoms with Crippen LogP contribution in [0.15, 0.2) is 18.2 Å². The van der Waals surface area contributed by atoms with Crippen molar-refractivity contribution in [2.75, 3.05) is 13.1 Å². The van der Waals surface area contributed by atoms with Gasteiger partial charge in [-0.25, -0.2) is 0 Å². The Balaban J connectivity index is 2.33. The molecule has 1 aromatic rings. The van der Waals surface area contributed by atoms with Crippen LogP contribution in [0.3, 0.4) is 0 Å². The van der Waals surface area contributed by atoms with Crippen LogP contribution in [-0.2, 0) is 0 Å². The van der Waals surface area contributed by atoms with Gasteiger partial charge in [0, 0.05) is 5.54 Å². The molecule has 1 aromatic carbocycles. The minimum absolute atomic E-state index is 0.0235. The van der Waals surface area contributed by atoms with Crippen molar-refractivity contribution < 1.29 is 0 Å². The lowest BCUT2D eigenvalue weighted by molar-refractivity contribution is 0.0424. The van der Waals surface area contributed by atoms with Gasteiger partial charge in [0.1, 0.15) is 0 Å². The molecule has 21 heavy (non-hydrogen) atoms. The Labute approximate surface area is 137 Å². The molecule has 0 bridgehead atoms. The molecule has 0 aromatic heterocycles. The van der Waals surface area contributed by atoms with E-state index in [4.69, 9.17) is 29.0 Å². The average Bonchev–Trinajstić information content (AvgIpc) is 2.52. The molecule has 1 aliphatic heterocycles. The number of benzene rings is 1. The predicted molar refractivity (Wildman–Crippen MR) is 90.6 cm³/mol. The van der Waals surface area contributed by atoms with Crippen molar-refractivity contribution in [1.82, 2.24) is 10.3 Å². The zero-order valence-corrected chi connectivity index (χ0v) is 14.3. The van der Waals surface area contributed by atoms with Crippen molar-refractivity contribution in [3.05, 3.63) is 33.8 Å². The molecule has 1 saturated heterocycles. The molecule has 2 rings (SSSR count). The highest BCUT2D eigenvalue weighted by atomic mass is 35.5. The lowest BCUT2D eigenvalue weighted by Crippen LogP contribution is -2.57. The normalized spacial score (nSPS) is 21.0. The van der Waals surface area contributed by atoms with Crippen molar-refractivity contribution >= 4 is 23.2 Å². The Morgan fingerprint density at radius 1 is 1.24 bits per heavy atom. The number of nitrogens with two attached hydrogens (primary N) is 1. The van der Waals surface area contributed by atoms with Crippen LogP contribution < -0.4 is 11.3 Å². The van der Waals surface area contributed by atoms with Crippen molar-refractivity contribution in [3.63, 3.8) is 0 Å². The molecule has 3 N–H and O–H groups in total. The first-order valence-corrected chi connectivity index (χ1v) is 8.44. The molecule has 0 saturated carbocycles. The van der Waals surface area contributed by atoms with Crippen molar-refractivity contribution in [2.45, 2.75) is 51.1 Å². The van der Waals surface area contributed by atoms with Gasteiger partial charge < -0.3 is 0 Å². The summed E-state index contributed by atoms with van der Waals surface area (Å²) in [5.74, 6) is 5.91. The second kappa shape index (κ2) is 7.30. The van der Waals surface area contributed by atoms with E-state index < -0.39 is 0 Å². The third-order valence-corrected chi connectivity index (χ3v) is 5.60. The summed E-state index contributed by atoms with van der Waals surface area (Å²) in [6, 6.07) is 5.80. The maximum Gasteiger partial charge on any atom is 0.0641 e. The third-order valence-electron chi connectivity index (χ3n) is 4.86. The number of rotatable bonds is 5. The lowest BCUT2D eigenvalue weighted by Gasteiger charge is -2.48. The third kappa shape index (κ3) is 3.54. The van der Waals surface area contributed by atoms with Crippen LogP contribution in [0.25, 0.3) is 0 Å². The summed E-state index contributed by atoms with van der Waals surface area (Å²) in [6.45, 7) is 6.76. The maximum atomic E-state index is 6.18. The molecule has 0 spiro atoms. The number of nitrogens with zero attached hydrogens (tertiary/aromatic N) is 1. The number of hydrogen-bond acceptors (Lipinski definition) is 3.